The van der Waals surface area contributed by atoms with Crippen LogP contribution in [0.1, 0.15) is 83.6 Å². The Labute approximate surface area is 867 Å². The second-order valence-corrected chi connectivity index (χ2v) is 40.8. The zero-order chi connectivity index (χ0) is 101. The van der Waals surface area contributed by atoms with Crippen LogP contribution in [-0.4, -0.2) is 19.9 Å². The molecule has 0 N–H and O–H groups in total. The molecule has 4 aromatic heterocycles. The SMILES string of the molecule is Cc1cc2c(cc1-c1c(-c3ccc4c(c3)C(C)(C)c3ccccc3-4)nc(-c3ccccc3)c[n+]1C)C(C)(C)c1ccccc1-2.Cc1cc2ccccc2cc1-c1c(-c2ccc3ccccc3c2)nc(-c2ccccc2)c(C)[n+]1C.Cc1ccc2ccccc2c1-c1c(-c2cccc3ccccc23)nc(-c2ccccc2)c(C)[n+]1C.Cc1ccc2ccccc2c1-c1c(-c2cccc3ccccc23)nc(-c2ccccc2)c[n+]1C. The molecule has 0 aliphatic heterocycles. The highest BCUT2D eigenvalue weighted by molar-refractivity contribution is 6.07. The van der Waals surface area contributed by atoms with Gasteiger partial charge in [-0.15, -0.1) is 0 Å². The normalized spacial score (nSPS) is 12.4. The second kappa shape index (κ2) is 38.8. The largest absolute Gasteiger partial charge is 0.240 e. The fourth-order valence-electron chi connectivity index (χ4n) is 23.1. The van der Waals surface area contributed by atoms with E-state index < -0.39 is 0 Å². The first-order chi connectivity index (χ1) is 72.1. The van der Waals surface area contributed by atoms with Crippen molar-refractivity contribution >= 4 is 64.6 Å². The number of hydrogen-bond donors (Lipinski definition) is 0. The van der Waals surface area contributed by atoms with Crippen LogP contribution in [-0.2, 0) is 39.0 Å². The van der Waals surface area contributed by atoms with Crippen molar-refractivity contribution in [1.29, 1.82) is 0 Å². The third-order valence-electron chi connectivity index (χ3n) is 31.0. The molecular formula is C140H116N8+4. The summed E-state index contributed by atoms with van der Waals surface area (Å²) in [6.45, 7) is 22.6. The maximum Gasteiger partial charge on any atom is 0.240 e. The second-order valence-electron chi connectivity index (χ2n) is 40.8. The number of hydrogen-bond acceptors (Lipinski definition) is 4. The van der Waals surface area contributed by atoms with Crippen LogP contribution in [0.4, 0.5) is 0 Å². The Bertz CT molecular complexity index is 9380. The quantitative estimate of drug-likeness (QED) is 0.114. The van der Waals surface area contributed by atoms with Gasteiger partial charge >= 0.3 is 0 Å². The Kier molecular flexibility index (Phi) is 24.6. The Balaban J connectivity index is 0.000000109. The molecule has 148 heavy (non-hydrogen) atoms. The summed E-state index contributed by atoms with van der Waals surface area (Å²) in [5, 5.41) is 14.8. The average molecular weight is 1910 g/mol. The molecule has 8 heteroatoms. The predicted octanol–water partition coefficient (Wildman–Crippen LogP) is 33.0. The number of rotatable bonds is 12. The van der Waals surface area contributed by atoms with Crippen LogP contribution in [0.5, 0.6) is 0 Å². The molecule has 0 saturated carbocycles. The van der Waals surface area contributed by atoms with E-state index in [0.29, 0.717) is 0 Å². The molecule has 0 radical (unpaired) electrons. The molecule has 2 aliphatic carbocycles. The van der Waals surface area contributed by atoms with E-state index in [9.17, 15) is 0 Å². The summed E-state index contributed by atoms with van der Waals surface area (Å²) in [6.07, 6.45) is 4.34. The molecule has 2 aliphatic rings. The van der Waals surface area contributed by atoms with Gasteiger partial charge in [-0.1, -0.05) is 440 Å². The van der Waals surface area contributed by atoms with Crippen LogP contribution in [0.2, 0.25) is 0 Å². The van der Waals surface area contributed by atoms with Gasteiger partial charge in [0.2, 0.25) is 34.2 Å². The third-order valence-corrected chi connectivity index (χ3v) is 31.0. The van der Waals surface area contributed by atoms with Crippen LogP contribution in [0, 0.1) is 41.5 Å². The summed E-state index contributed by atoms with van der Waals surface area (Å²) >= 11 is 0. The van der Waals surface area contributed by atoms with E-state index >= 15 is 0 Å². The van der Waals surface area contributed by atoms with Gasteiger partial charge < -0.3 is 0 Å². The molecule has 20 aromatic carbocycles. The molecular weight excluding hydrogens is 1790 g/mol. The van der Waals surface area contributed by atoms with Crippen molar-refractivity contribution in [2.45, 2.75) is 80.1 Å². The van der Waals surface area contributed by atoms with Crippen molar-refractivity contribution in [3.8, 4) is 157 Å². The average Bonchev–Trinajstić information content (AvgIpc) is 1.55. The van der Waals surface area contributed by atoms with Gasteiger partial charge in [-0.3, -0.25) is 0 Å². The molecule has 4 heterocycles. The summed E-state index contributed by atoms with van der Waals surface area (Å²) < 4.78 is 9.20. The predicted molar refractivity (Wildman–Crippen MR) is 615 cm³/mol. The minimum Gasteiger partial charge on any atom is -0.234 e. The number of aromatic nitrogens is 8. The summed E-state index contributed by atoms with van der Waals surface area (Å²) in [5.74, 6) is 0. The summed E-state index contributed by atoms with van der Waals surface area (Å²) in [7, 11) is 8.65. The highest BCUT2D eigenvalue weighted by Gasteiger charge is 2.41. The fraction of sp³-hybridized carbons (Fsp3) is 0.114. The lowest BCUT2D eigenvalue weighted by atomic mass is 9.80. The Morgan fingerprint density at radius 1 is 0.189 bits per heavy atom. The molecule has 0 atom stereocenters. The lowest BCUT2D eigenvalue weighted by Gasteiger charge is -2.23. The first kappa shape index (κ1) is 93.9. The van der Waals surface area contributed by atoms with Gasteiger partial charge in [0.25, 0.3) is 0 Å². The molecule has 712 valence electrons. The van der Waals surface area contributed by atoms with E-state index in [-0.39, 0.29) is 10.8 Å². The molecule has 0 unspecified atom stereocenters. The van der Waals surface area contributed by atoms with E-state index in [1.54, 1.807) is 0 Å². The first-order valence-electron chi connectivity index (χ1n) is 51.4. The van der Waals surface area contributed by atoms with E-state index in [1.165, 1.54) is 154 Å². The zero-order valence-electron chi connectivity index (χ0n) is 86.3. The van der Waals surface area contributed by atoms with E-state index in [2.05, 4.69) is 559 Å². The third kappa shape index (κ3) is 16.9. The number of aryl methyl sites for hydroxylation is 6. The molecule has 0 spiro atoms. The van der Waals surface area contributed by atoms with Crippen LogP contribution in [0.25, 0.3) is 222 Å². The topological polar surface area (TPSA) is 67.1 Å². The lowest BCUT2D eigenvalue weighted by molar-refractivity contribution is -0.666. The molecule has 24 aromatic rings. The van der Waals surface area contributed by atoms with Gasteiger partial charge in [-0.05, 0) is 183 Å². The van der Waals surface area contributed by atoms with Crippen LogP contribution in [0.15, 0.2) is 449 Å². The van der Waals surface area contributed by atoms with E-state index in [4.69, 9.17) is 19.9 Å². The van der Waals surface area contributed by atoms with Crippen molar-refractivity contribution in [2.24, 2.45) is 28.2 Å². The van der Waals surface area contributed by atoms with Gasteiger partial charge in [0, 0.05) is 69.2 Å². The van der Waals surface area contributed by atoms with Crippen molar-refractivity contribution in [1.82, 2.24) is 19.9 Å². The molecule has 0 amide bonds. The van der Waals surface area contributed by atoms with Gasteiger partial charge in [0.1, 0.15) is 73.7 Å². The molecule has 8 nitrogen and oxygen atoms in total. The van der Waals surface area contributed by atoms with Crippen LogP contribution >= 0.6 is 0 Å². The summed E-state index contributed by atoms with van der Waals surface area (Å²) in [4.78, 5) is 21.6. The summed E-state index contributed by atoms with van der Waals surface area (Å²) in [6, 6.07) is 156. The fourth-order valence-corrected chi connectivity index (χ4v) is 23.1. The number of nitrogens with zero attached hydrogens (tertiary/aromatic N) is 8. The van der Waals surface area contributed by atoms with Crippen LogP contribution in [0.3, 0.4) is 0 Å². The number of benzene rings is 20. The summed E-state index contributed by atoms with van der Waals surface area (Å²) in [5.41, 5.74) is 44.5. The van der Waals surface area contributed by atoms with Gasteiger partial charge in [0.05, 0.1) is 22.3 Å². The Hall–Kier alpha value is -17.7. The smallest absolute Gasteiger partial charge is 0.234 e. The Morgan fingerprint density at radius 3 is 1.05 bits per heavy atom. The molecule has 0 bridgehead atoms. The molecule has 0 saturated heterocycles. The highest BCUT2D eigenvalue weighted by atomic mass is 15.0. The zero-order valence-corrected chi connectivity index (χ0v) is 86.3. The van der Waals surface area contributed by atoms with Gasteiger partial charge in [-0.2, -0.15) is 18.3 Å². The van der Waals surface area contributed by atoms with Crippen molar-refractivity contribution in [3.63, 3.8) is 0 Å². The van der Waals surface area contributed by atoms with Gasteiger partial charge in [0.15, 0.2) is 12.4 Å². The maximum absolute atomic E-state index is 5.46. The minimum atomic E-state index is -0.0827. The molecule has 26 rings (SSSR count). The number of fused-ring (bicyclic) bond motifs is 12. The van der Waals surface area contributed by atoms with Crippen molar-refractivity contribution in [3.05, 3.63) is 505 Å². The molecule has 0 fully saturated rings. The standard InChI is InChI=1S/C42H37N2.2C33H27N2.C32H25N2/c1-26-22-33-30-17-11-13-19-35(30)42(4,5)37(33)24-32(26)40-39(43-38(25-44(40)6)27-14-8-7-9-15-27)28-20-21-31-29-16-10-12-18-34(29)41(2,3)36(31)23-28;1-22-20-21-25-13-8-10-18-28(25)30(22)33-32(29-19-11-16-24-12-7-9-17-27(24)29)34-31(23(2)35(33)3)26-14-5-4-6-15-26;1-22-19-26-14-9-10-16-28(26)21-30(22)33-32(29-18-17-24-11-7-8-15-27(24)20-29)34-31(23(2)35(33)3)25-12-5-4-6-13-25;1-22-19-20-24-12-7-9-17-27(24)30(22)32-31(28-18-10-15-23-11-6-8-16-26(23)28)33-29(21-34(32)2)25-13-4-3-5-14-25/h7-25H,1-6H3;2*4-21H,1-3H3;3-21H,1-2H3/q4*+1. The highest BCUT2D eigenvalue weighted by Crippen LogP contribution is 2.54. The van der Waals surface area contributed by atoms with Crippen molar-refractivity contribution in [2.75, 3.05) is 0 Å². The van der Waals surface area contributed by atoms with E-state index in [1.807, 2.05) is 6.07 Å². The van der Waals surface area contributed by atoms with Gasteiger partial charge in [-0.25, -0.2) is 19.9 Å². The van der Waals surface area contributed by atoms with E-state index in [0.717, 1.165) is 124 Å². The monoisotopic (exact) mass is 1910 g/mol. The maximum atomic E-state index is 5.46. The van der Waals surface area contributed by atoms with Crippen molar-refractivity contribution < 1.29 is 18.3 Å². The Morgan fingerprint density at radius 2 is 0.527 bits per heavy atom. The van der Waals surface area contributed by atoms with Crippen LogP contribution < -0.4 is 18.3 Å². The first-order valence-corrected chi connectivity index (χ1v) is 51.4. The minimum absolute atomic E-state index is 0.0755. The lowest BCUT2D eigenvalue weighted by Crippen LogP contribution is -2.37.